The zero-order chi connectivity index (χ0) is 41.0. The van der Waals surface area contributed by atoms with Crippen molar-refractivity contribution in [2.24, 2.45) is 0 Å². The van der Waals surface area contributed by atoms with Gasteiger partial charge in [0, 0.05) is 57.3 Å². The van der Waals surface area contributed by atoms with Crippen LogP contribution in [-0.4, -0.2) is 9.97 Å². The number of pyridine rings is 2. The Morgan fingerprint density at radius 1 is 0.792 bits per heavy atom. The van der Waals surface area contributed by atoms with E-state index in [1.807, 2.05) is 54.7 Å². The molecule has 53 heavy (non-hydrogen) atoms. The fourth-order valence-corrected chi connectivity index (χ4v) is 6.91. The monoisotopic (exact) mass is 875 g/mol. The summed E-state index contributed by atoms with van der Waals surface area (Å²) in [6.45, 7) is 4.40. The van der Waals surface area contributed by atoms with Crippen LogP contribution in [0.3, 0.4) is 0 Å². The Kier molecular flexibility index (Phi) is 8.02. The molecule has 0 saturated carbocycles. The molecular formula is C48H40IrN2O2-2. The van der Waals surface area contributed by atoms with E-state index < -0.39 is 13.7 Å². The van der Waals surface area contributed by atoms with E-state index in [-0.39, 0.29) is 36.6 Å². The fourth-order valence-electron chi connectivity index (χ4n) is 6.91. The molecule has 5 heteroatoms. The van der Waals surface area contributed by atoms with E-state index in [9.17, 15) is 0 Å². The van der Waals surface area contributed by atoms with Crippen LogP contribution < -0.4 is 4.74 Å². The number of ether oxygens (including phenoxy) is 1. The number of hydrogen-bond acceptors (Lipinski definition) is 4. The van der Waals surface area contributed by atoms with E-state index in [0.717, 1.165) is 50.3 Å². The Labute approximate surface area is 333 Å². The molecule has 5 aromatic carbocycles. The van der Waals surface area contributed by atoms with Gasteiger partial charge in [0.05, 0.1) is 11.0 Å². The Hall–Kier alpha value is -5.35. The van der Waals surface area contributed by atoms with Crippen LogP contribution in [0.25, 0.3) is 55.6 Å². The van der Waals surface area contributed by atoms with Crippen molar-refractivity contribution in [1.82, 2.24) is 9.97 Å². The van der Waals surface area contributed by atoms with Gasteiger partial charge >= 0.3 is 0 Å². The summed E-state index contributed by atoms with van der Waals surface area (Å²) >= 11 is 0. The summed E-state index contributed by atoms with van der Waals surface area (Å²) in [5.74, 6) is 2.21. The molecular weight excluding hydrogens is 829 g/mol. The number of aryl methyl sites for hydroxylation is 2. The van der Waals surface area contributed by atoms with Gasteiger partial charge in [-0.2, -0.15) is 0 Å². The Morgan fingerprint density at radius 3 is 2.40 bits per heavy atom. The molecule has 0 atom stereocenters. The summed E-state index contributed by atoms with van der Waals surface area (Å²) in [5.41, 5.74) is 9.69. The van der Waals surface area contributed by atoms with Gasteiger partial charge < -0.3 is 19.1 Å². The van der Waals surface area contributed by atoms with Gasteiger partial charge in [-0.05, 0) is 53.5 Å². The standard InChI is InChI=1S/C29H24NO2.C19H16N.Ir/c1-17(2)18-14-15-30-23(16-18)19-8-7-9-20-26-25(32-27(19)20)13-12-22-28(26)31-24-11-6-5-10-21(24)29(22,3)4;1-14-8-11-19(20-13-14)17-10-9-15(2)18(12-17)16-6-4-3-5-7-16;/h5-7,9-17H,1-4H3;3-9,11-13H,1-2H3;/q2*-1;/i;1D3,2D3;. The average Bonchev–Trinajstić information content (AvgIpc) is 3.60. The summed E-state index contributed by atoms with van der Waals surface area (Å²) in [4.78, 5) is 8.84. The van der Waals surface area contributed by atoms with E-state index in [4.69, 9.17) is 17.4 Å². The van der Waals surface area contributed by atoms with Crippen LogP contribution in [0.2, 0.25) is 0 Å². The van der Waals surface area contributed by atoms with Crippen molar-refractivity contribution in [2.75, 3.05) is 0 Å². The molecule has 4 heterocycles. The van der Waals surface area contributed by atoms with Gasteiger partial charge in [0.1, 0.15) is 17.1 Å². The van der Waals surface area contributed by atoms with Crippen LogP contribution in [0, 0.1) is 25.8 Å². The number of furan rings is 1. The third-order valence-electron chi connectivity index (χ3n) is 9.78. The Balaban J connectivity index is 0.000000180. The number of para-hydroxylation sites is 1. The van der Waals surface area contributed by atoms with Crippen molar-refractivity contribution in [1.29, 1.82) is 0 Å². The van der Waals surface area contributed by atoms with Crippen molar-refractivity contribution in [2.45, 2.75) is 52.7 Å². The normalized spacial score (nSPS) is 14.8. The summed E-state index contributed by atoms with van der Waals surface area (Å²) < 4.78 is 58.5. The summed E-state index contributed by atoms with van der Waals surface area (Å²) in [6.07, 6.45) is 3.18. The second-order valence-electron chi connectivity index (χ2n) is 13.8. The minimum atomic E-state index is -2.27. The van der Waals surface area contributed by atoms with Crippen molar-refractivity contribution in [3.8, 4) is 45.1 Å². The smallest absolute Gasteiger partial charge is 0.141 e. The number of fused-ring (bicyclic) bond motifs is 6. The zero-order valence-electron chi connectivity index (χ0n) is 35.7. The van der Waals surface area contributed by atoms with E-state index in [2.05, 4.69) is 92.3 Å². The van der Waals surface area contributed by atoms with E-state index in [0.29, 0.717) is 22.7 Å². The van der Waals surface area contributed by atoms with Crippen molar-refractivity contribution < 1.29 is 37.5 Å². The van der Waals surface area contributed by atoms with Crippen molar-refractivity contribution in [3.05, 3.63) is 168 Å². The maximum Gasteiger partial charge on any atom is 0.141 e. The molecule has 0 unspecified atom stereocenters. The number of nitrogens with zero attached hydrogens (tertiary/aromatic N) is 2. The number of rotatable bonds is 4. The van der Waals surface area contributed by atoms with Gasteiger partial charge in [-0.1, -0.05) is 129 Å². The molecule has 1 aliphatic rings. The van der Waals surface area contributed by atoms with Gasteiger partial charge in [-0.3, -0.25) is 0 Å². The van der Waals surface area contributed by atoms with Crippen molar-refractivity contribution >= 4 is 21.9 Å². The van der Waals surface area contributed by atoms with Gasteiger partial charge in [-0.25, -0.2) is 0 Å². The molecule has 0 N–H and O–H groups in total. The maximum atomic E-state index is 7.77. The molecule has 0 fully saturated rings. The van der Waals surface area contributed by atoms with E-state index in [1.54, 1.807) is 12.1 Å². The molecule has 8 aromatic rings. The van der Waals surface area contributed by atoms with Crippen LogP contribution in [0.1, 0.15) is 69.7 Å². The van der Waals surface area contributed by atoms with Gasteiger partial charge in [0.25, 0.3) is 0 Å². The number of aromatic nitrogens is 2. The number of hydrogen-bond donors (Lipinski definition) is 0. The third-order valence-corrected chi connectivity index (χ3v) is 9.78. The molecule has 0 spiro atoms. The predicted octanol–water partition coefficient (Wildman–Crippen LogP) is 12.8. The Bertz CT molecular complexity index is 2790. The Morgan fingerprint density at radius 2 is 1.62 bits per heavy atom. The quantitative estimate of drug-likeness (QED) is 0.165. The molecule has 1 aliphatic heterocycles. The van der Waals surface area contributed by atoms with Crippen molar-refractivity contribution in [3.63, 3.8) is 0 Å². The molecule has 1 radical (unpaired) electrons. The first-order valence-electron chi connectivity index (χ1n) is 20.3. The van der Waals surface area contributed by atoms with E-state index in [1.165, 1.54) is 35.0 Å². The van der Waals surface area contributed by atoms with Crippen LogP contribution in [-0.2, 0) is 25.5 Å². The second kappa shape index (κ2) is 14.6. The van der Waals surface area contributed by atoms with E-state index >= 15 is 0 Å². The second-order valence-corrected chi connectivity index (χ2v) is 13.8. The molecule has 0 amide bonds. The van der Waals surface area contributed by atoms with Crippen LogP contribution in [0.4, 0.5) is 0 Å². The third kappa shape index (κ3) is 6.72. The first kappa shape index (κ1) is 29.1. The predicted molar refractivity (Wildman–Crippen MR) is 212 cm³/mol. The molecule has 0 bridgehead atoms. The minimum absolute atomic E-state index is 0. The first-order chi connectivity index (χ1) is 27.6. The SMILES string of the molecule is CC(C)c1ccnc(-c2[c-]ccc3c2oc2ccc4c(c23)Oc2ccccc2C4(C)C)c1.[2H]C([2H])([2H])c1ccc(-c2[c-]cc(C([2H])([2H])[2H])c(-c3ccccc3)c2)nc1.[Ir]. The zero-order valence-corrected chi connectivity index (χ0v) is 32.1. The van der Waals surface area contributed by atoms with Gasteiger partial charge in [0.15, 0.2) is 0 Å². The molecule has 0 aliphatic carbocycles. The molecule has 3 aromatic heterocycles. The molecule has 4 nitrogen and oxygen atoms in total. The van der Waals surface area contributed by atoms with Crippen LogP contribution >= 0.6 is 0 Å². The fraction of sp³-hybridized carbons (Fsp3) is 0.167. The summed E-state index contributed by atoms with van der Waals surface area (Å²) in [6, 6.07) is 42.6. The molecule has 9 rings (SSSR count). The largest absolute Gasteiger partial charge is 0.500 e. The topological polar surface area (TPSA) is 48.2 Å². The van der Waals surface area contributed by atoms with Gasteiger partial charge in [0.2, 0.25) is 0 Å². The summed E-state index contributed by atoms with van der Waals surface area (Å²) in [5, 5.41) is 2.04. The molecule has 265 valence electrons. The maximum absolute atomic E-state index is 7.77. The van der Waals surface area contributed by atoms with Crippen LogP contribution in [0.5, 0.6) is 11.5 Å². The summed E-state index contributed by atoms with van der Waals surface area (Å²) in [7, 11) is 0. The van der Waals surface area contributed by atoms with Crippen LogP contribution in [0.15, 0.2) is 132 Å². The minimum Gasteiger partial charge on any atom is -0.500 e. The first-order valence-corrected chi connectivity index (χ1v) is 17.3. The number of benzene rings is 5. The molecule has 0 saturated heterocycles. The van der Waals surface area contributed by atoms with Gasteiger partial charge in [-0.15, -0.1) is 47.5 Å². The average molecular weight is 875 g/mol.